The zero-order chi connectivity index (χ0) is 15.6. The number of halogens is 1. The topological polar surface area (TPSA) is 35.0 Å². The average molecular weight is 349 g/mol. The van der Waals surface area contributed by atoms with Gasteiger partial charge in [0.15, 0.2) is 0 Å². The van der Waals surface area contributed by atoms with Gasteiger partial charge in [-0.2, -0.15) is 4.98 Å². The Hall–Kier alpha value is -1.42. The van der Waals surface area contributed by atoms with Gasteiger partial charge in [-0.1, -0.05) is 39.8 Å². The number of benzene rings is 1. The van der Waals surface area contributed by atoms with Crippen LogP contribution in [0.3, 0.4) is 0 Å². The van der Waals surface area contributed by atoms with Crippen molar-refractivity contribution >= 4 is 15.9 Å². The zero-order valence-electron chi connectivity index (χ0n) is 13.2. The second-order valence-corrected chi connectivity index (χ2v) is 6.94. The Kier molecular flexibility index (Phi) is 4.67. The van der Waals surface area contributed by atoms with E-state index in [0.29, 0.717) is 5.88 Å². The van der Waals surface area contributed by atoms with Gasteiger partial charge in [-0.05, 0) is 45.5 Å². The summed E-state index contributed by atoms with van der Waals surface area (Å²) in [4.78, 5) is 8.68. The fourth-order valence-electron chi connectivity index (χ4n) is 2.00. The van der Waals surface area contributed by atoms with Gasteiger partial charge in [-0.25, -0.2) is 4.98 Å². The first-order chi connectivity index (χ1) is 9.79. The van der Waals surface area contributed by atoms with E-state index < -0.39 is 0 Å². The van der Waals surface area contributed by atoms with Crippen LogP contribution in [0.15, 0.2) is 28.9 Å². The fraction of sp³-hybridized carbons (Fsp3) is 0.412. The van der Waals surface area contributed by atoms with E-state index >= 15 is 0 Å². The van der Waals surface area contributed by atoms with Gasteiger partial charge in [-0.3, -0.25) is 0 Å². The van der Waals surface area contributed by atoms with Gasteiger partial charge in [0, 0.05) is 12.5 Å². The minimum atomic E-state index is 0.136. The van der Waals surface area contributed by atoms with Crippen molar-refractivity contribution in [2.24, 2.45) is 0 Å². The Bertz CT molecular complexity index is 648. The van der Waals surface area contributed by atoms with Crippen LogP contribution in [0.5, 0.6) is 11.6 Å². The van der Waals surface area contributed by atoms with E-state index in [1.54, 1.807) is 6.07 Å². The molecule has 0 atom stereocenters. The molecule has 0 spiro atoms. The third kappa shape index (κ3) is 4.03. The summed E-state index contributed by atoms with van der Waals surface area (Å²) in [5.41, 5.74) is 2.54. The summed E-state index contributed by atoms with van der Waals surface area (Å²) in [6, 6.07) is 8.08. The van der Waals surface area contributed by atoms with Gasteiger partial charge < -0.3 is 4.74 Å². The molecule has 1 heterocycles. The predicted octanol–water partition coefficient (Wildman–Crippen LogP) is 5.20. The van der Waals surface area contributed by atoms with Crippen LogP contribution in [-0.2, 0) is 11.8 Å². The van der Waals surface area contributed by atoms with Crippen LogP contribution in [0, 0.1) is 6.92 Å². The molecule has 0 saturated carbocycles. The second kappa shape index (κ2) is 6.14. The second-order valence-electron chi connectivity index (χ2n) is 6.13. The lowest BCUT2D eigenvalue weighted by Crippen LogP contribution is -2.11. The fourth-order valence-corrected chi connectivity index (χ4v) is 2.40. The van der Waals surface area contributed by atoms with Crippen LogP contribution >= 0.6 is 15.9 Å². The molecule has 0 saturated heterocycles. The molecule has 2 rings (SSSR count). The van der Waals surface area contributed by atoms with Gasteiger partial charge in [0.1, 0.15) is 16.2 Å². The van der Waals surface area contributed by atoms with Crippen molar-refractivity contribution < 1.29 is 4.74 Å². The highest BCUT2D eigenvalue weighted by atomic mass is 79.9. The number of hydrogen-bond donors (Lipinski definition) is 0. The lowest BCUT2D eigenvalue weighted by Gasteiger charge is -2.20. The number of ether oxygens (including phenoxy) is 1. The summed E-state index contributed by atoms with van der Waals surface area (Å²) in [6.45, 7) is 10.7. The van der Waals surface area contributed by atoms with E-state index in [-0.39, 0.29) is 5.41 Å². The molecule has 0 amide bonds. The van der Waals surface area contributed by atoms with Crippen LogP contribution in [0.4, 0.5) is 0 Å². The molecule has 21 heavy (non-hydrogen) atoms. The number of rotatable bonds is 3. The standard InChI is InChI=1S/C17H21BrN2O/c1-6-15-19-14(18)10-16(20-15)21-13-8-7-12(9-11(13)2)17(3,4)5/h7-10H,6H2,1-5H3. The maximum absolute atomic E-state index is 5.92. The number of nitrogens with zero attached hydrogens (tertiary/aromatic N) is 2. The summed E-state index contributed by atoms with van der Waals surface area (Å²) in [5.74, 6) is 2.17. The monoisotopic (exact) mass is 348 g/mol. The van der Waals surface area contributed by atoms with Crippen LogP contribution in [0.25, 0.3) is 0 Å². The van der Waals surface area contributed by atoms with E-state index in [2.05, 4.69) is 65.7 Å². The van der Waals surface area contributed by atoms with E-state index in [1.807, 2.05) is 13.0 Å². The molecule has 0 bridgehead atoms. The first-order valence-corrected chi connectivity index (χ1v) is 7.91. The van der Waals surface area contributed by atoms with E-state index in [4.69, 9.17) is 4.74 Å². The molecule has 4 heteroatoms. The molecule has 0 fully saturated rings. The van der Waals surface area contributed by atoms with E-state index in [0.717, 1.165) is 28.2 Å². The quantitative estimate of drug-likeness (QED) is 0.715. The van der Waals surface area contributed by atoms with Crippen LogP contribution in [0.2, 0.25) is 0 Å². The van der Waals surface area contributed by atoms with Crippen molar-refractivity contribution in [1.82, 2.24) is 9.97 Å². The minimum absolute atomic E-state index is 0.136. The molecular formula is C17H21BrN2O. The molecule has 3 nitrogen and oxygen atoms in total. The molecule has 0 aliphatic rings. The normalized spacial score (nSPS) is 11.5. The molecule has 1 aromatic heterocycles. The number of aromatic nitrogens is 2. The van der Waals surface area contributed by atoms with E-state index in [1.165, 1.54) is 5.56 Å². The van der Waals surface area contributed by atoms with Crippen molar-refractivity contribution in [3.8, 4) is 11.6 Å². The molecule has 0 unspecified atom stereocenters. The molecule has 112 valence electrons. The smallest absolute Gasteiger partial charge is 0.223 e. The molecular weight excluding hydrogens is 328 g/mol. The Balaban J connectivity index is 2.30. The van der Waals surface area contributed by atoms with Crippen molar-refractivity contribution in [1.29, 1.82) is 0 Å². The SMILES string of the molecule is CCc1nc(Br)cc(Oc2ccc(C(C)(C)C)cc2C)n1. The third-order valence-corrected chi connectivity index (χ3v) is 3.70. The van der Waals surface area contributed by atoms with Gasteiger partial charge in [0.2, 0.25) is 5.88 Å². The highest BCUT2D eigenvalue weighted by molar-refractivity contribution is 9.10. The van der Waals surface area contributed by atoms with Crippen LogP contribution < -0.4 is 4.74 Å². The van der Waals surface area contributed by atoms with Crippen molar-refractivity contribution in [3.05, 3.63) is 45.8 Å². The lowest BCUT2D eigenvalue weighted by molar-refractivity contribution is 0.453. The van der Waals surface area contributed by atoms with Crippen LogP contribution in [0.1, 0.15) is 44.6 Å². The first kappa shape index (κ1) is 16.0. The summed E-state index contributed by atoms with van der Waals surface area (Å²) in [7, 11) is 0. The summed E-state index contributed by atoms with van der Waals surface area (Å²) < 4.78 is 6.66. The van der Waals surface area contributed by atoms with Gasteiger partial charge >= 0.3 is 0 Å². The molecule has 2 aromatic rings. The first-order valence-electron chi connectivity index (χ1n) is 7.12. The van der Waals surface area contributed by atoms with Crippen molar-refractivity contribution in [2.75, 3.05) is 0 Å². The Morgan fingerprint density at radius 2 is 1.86 bits per heavy atom. The largest absolute Gasteiger partial charge is 0.439 e. The zero-order valence-corrected chi connectivity index (χ0v) is 14.8. The van der Waals surface area contributed by atoms with Crippen molar-refractivity contribution in [3.63, 3.8) is 0 Å². The van der Waals surface area contributed by atoms with E-state index in [9.17, 15) is 0 Å². The Labute approximate surface area is 134 Å². The number of hydrogen-bond acceptors (Lipinski definition) is 3. The highest BCUT2D eigenvalue weighted by Gasteiger charge is 2.15. The van der Waals surface area contributed by atoms with Crippen molar-refractivity contribution in [2.45, 2.75) is 46.5 Å². The summed E-state index contributed by atoms with van der Waals surface area (Å²) in [5, 5.41) is 0. The maximum atomic E-state index is 5.92. The highest BCUT2D eigenvalue weighted by Crippen LogP contribution is 2.30. The molecule has 0 N–H and O–H groups in total. The Morgan fingerprint density at radius 3 is 2.43 bits per heavy atom. The summed E-state index contributed by atoms with van der Waals surface area (Å²) in [6.07, 6.45) is 0.776. The van der Waals surface area contributed by atoms with Gasteiger partial charge in [-0.15, -0.1) is 0 Å². The molecule has 0 aliphatic carbocycles. The Morgan fingerprint density at radius 1 is 1.14 bits per heavy atom. The van der Waals surface area contributed by atoms with Gasteiger partial charge in [0.05, 0.1) is 0 Å². The van der Waals surface area contributed by atoms with Crippen LogP contribution in [-0.4, -0.2) is 9.97 Å². The molecule has 0 aliphatic heterocycles. The maximum Gasteiger partial charge on any atom is 0.223 e. The average Bonchev–Trinajstić information content (AvgIpc) is 2.39. The third-order valence-electron chi connectivity index (χ3n) is 3.29. The lowest BCUT2D eigenvalue weighted by atomic mass is 9.86. The molecule has 0 radical (unpaired) electrons. The molecule has 1 aromatic carbocycles. The summed E-state index contributed by atoms with van der Waals surface area (Å²) >= 11 is 3.39. The minimum Gasteiger partial charge on any atom is -0.439 e. The predicted molar refractivity (Wildman–Crippen MR) is 89.1 cm³/mol. The van der Waals surface area contributed by atoms with Gasteiger partial charge in [0.25, 0.3) is 0 Å². The number of aryl methyl sites for hydroxylation is 2.